The molecule has 0 aromatic heterocycles. The summed E-state index contributed by atoms with van der Waals surface area (Å²) in [7, 11) is -2.15. The van der Waals surface area contributed by atoms with E-state index in [1.54, 1.807) is 24.3 Å². The zero-order valence-corrected chi connectivity index (χ0v) is 13.8. The Morgan fingerprint density at radius 3 is 2.37 bits per heavy atom. The predicted octanol–water partition coefficient (Wildman–Crippen LogP) is 4.49. The van der Waals surface area contributed by atoms with Crippen LogP contribution in [0.1, 0.15) is 32.4 Å². The standard InChI is InChI=1S/C14H21ClO3Si/c1-14(2,3)19(4,5)18-12(13(16)17)10-7-6-8-11(15)9-10/h6-9,12H,1-5H3,(H,16,17). The van der Waals surface area contributed by atoms with Gasteiger partial charge in [-0.1, -0.05) is 44.5 Å². The Labute approximate surface area is 120 Å². The van der Waals surface area contributed by atoms with Crippen molar-refractivity contribution in [1.29, 1.82) is 0 Å². The maximum Gasteiger partial charge on any atom is 0.336 e. The Kier molecular flexibility index (Phi) is 4.82. The van der Waals surface area contributed by atoms with E-state index < -0.39 is 20.4 Å². The van der Waals surface area contributed by atoms with Crippen LogP contribution in [0.25, 0.3) is 0 Å². The largest absolute Gasteiger partial charge is 0.479 e. The molecule has 1 aromatic rings. The molecule has 0 bridgehead atoms. The number of benzene rings is 1. The molecule has 0 radical (unpaired) electrons. The van der Waals surface area contributed by atoms with Crippen molar-refractivity contribution in [3.63, 3.8) is 0 Å². The molecular formula is C14H21ClO3Si. The first-order valence-electron chi connectivity index (χ1n) is 6.21. The van der Waals surface area contributed by atoms with E-state index in [2.05, 4.69) is 20.8 Å². The van der Waals surface area contributed by atoms with Gasteiger partial charge in [0.25, 0.3) is 0 Å². The fourth-order valence-corrected chi connectivity index (χ4v) is 2.78. The van der Waals surface area contributed by atoms with Crippen LogP contribution >= 0.6 is 11.6 Å². The number of halogens is 1. The molecule has 0 fully saturated rings. The van der Waals surface area contributed by atoms with E-state index in [4.69, 9.17) is 16.0 Å². The molecule has 1 atom stereocenters. The van der Waals surface area contributed by atoms with E-state index in [0.717, 1.165) is 0 Å². The summed E-state index contributed by atoms with van der Waals surface area (Å²) in [6, 6.07) is 6.84. The van der Waals surface area contributed by atoms with Gasteiger partial charge in [0.05, 0.1) is 0 Å². The van der Waals surface area contributed by atoms with Crippen LogP contribution in [0, 0.1) is 0 Å². The summed E-state index contributed by atoms with van der Waals surface area (Å²) in [6.45, 7) is 10.3. The minimum absolute atomic E-state index is 0.0424. The van der Waals surface area contributed by atoms with E-state index in [1.807, 2.05) is 13.1 Å². The Morgan fingerprint density at radius 2 is 1.95 bits per heavy atom. The lowest BCUT2D eigenvalue weighted by Gasteiger charge is -2.38. The summed E-state index contributed by atoms with van der Waals surface area (Å²) in [5.74, 6) is -0.980. The molecule has 0 spiro atoms. The zero-order chi connectivity index (χ0) is 14.8. The third-order valence-corrected chi connectivity index (χ3v) is 8.27. The van der Waals surface area contributed by atoms with Crippen LogP contribution in [0.5, 0.6) is 0 Å². The topological polar surface area (TPSA) is 46.5 Å². The summed E-state index contributed by atoms with van der Waals surface area (Å²) < 4.78 is 5.99. The molecule has 106 valence electrons. The van der Waals surface area contributed by atoms with Crippen LogP contribution in [0.3, 0.4) is 0 Å². The van der Waals surface area contributed by atoms with E-state index in [1.165, 1.54) is 0 Å². The Balaban J connectivity index is 3.08. The number of hydrogen-bond donors (Lipinski definition) is 1. The molecule has 0 saturated carbocycles. The number of carboxylic acid groups (broad SMARTS) is 1. The van der Waals surface area contributed by atoms with Crippen LogP contribution in [0.4, 0.5) is 0 Å². The number of carboxylic acids is 1. The fraction of sp³-hybridized carbons (Fsp3) is 0.500. The molecular weight excluding hydrogens is 280 g/mol. The third-order valence-electron chi connectivity index (χ3n) is 3.59. The van der Waals surface area contributed by atoms with Gasteiger partial charge in [-0.05, 0) is 35.8 Å². The predicted molar refractivity (Wildman–Crippen MR) is 80.1 cm³/mol. The van der Waals surface area contributed by atoms with Gasteiger partial charge in [0.15, 0.2) is 14.4 Å². The number of aliphatic carboxylic acids is 1. The summed E-state index contributed by atoms with van der Waals surface area (Å²) >= 11 is 5.92. The van der Waals surface area contributed by atoms with Crippen molar-refractivity contribution in [2.24, 2.45) is 0 Å². The highest BCUT2D eigenvalue weighted by molar-refractivity contribution is 6.74. The maximum absolute atomic E-state index is 11.5. The smallest absolute Gasteiger partial charge is 0.336 e. The highest BCUT2D eigenvalue weighted by Crippen LogP contribution is 2.40. The summed E-state index contributed by atoms with van der Waals surface area (Å²) in [6.07, 6.45) is -0.959. The SMILES string of the molecule is CC(C)(C)[Si](C)(C)OC(C(=O)O)c1cccc(Cl)c1. The molecule has 0 aliphatic rings. The number of hydrogen-bond acceptors (Lipinski definition) is 2. The lowest BCUT2D eigenvalue weighted by Crippen LogP contribution is -2.43. The fourth-order valence-electron chi connectivity index (χ4n) is 1.40. The quantitative estimate of drug-likeness (QED) is 0.834. The first-order chi connectivity index (χ1) is 8.54. The molecule has 3 nitrogen and oxygen atoms in total. The highest BCUT2D eigenvalue weighted by atomic mass is 35.5. The molecule has 0 aliphatic carbocycles. The molecule has 1 N–H and O–H groups in total. The van der Waals surface area contributed by atoms with Gasteiger partial charge in [-0.15, -0.1) is 0 Å². The molecule has 0 aliphatic heterocycles. The maximum atomic E-state index is 11.5. The van der Waals surface area contributed by atoms with Crippen LogP contribution < -0.4 is 0 Å². The number of carbonyl (C=O) groups is 1. The molecule has 1 aromatic carbocycles. The first-order valence-corrected chi connectivity index (χ1v) is 9.49. The van der Waals surface area contributed by atoms with Crippen molar-refractivity contribution in [1.82, 2.24) is 0 Å². The lowest BCUT2D eigenvalue weighted by atomic mass is 10.1. The average molecular weight is 301 g/mol. The van der Waals surface area contributed by atoms with Gasteiger partial charge in [0.2, 0.25) is 0 Å². The van der Waals surface area contributed by atoms with Gasteiger partial charge in [0.1, 0.15) is 0 Å². The van der Waals surface area contributed by atoms with Crippen molar-refractivity contribution in [3.05, 3.63) is 34.9 Å². The third kappa shape index (κ3) is 4.06. The van der Waals surface area contributed by atoms with Crippen LogP contribution in [0.2, 0.25) is 23.2 Å². The summed E-state index contributed by atoms with van der Waals surface area (Å²) in [4.78, 5) is 11.5. The van der Waals surface area contributed by atoms with Crippen molar-refractivity contribution in [2.75, 3.05) is 0 Å². The average Bonchev–Trinajstić information content (AvgIpc) is 2.24. The molecule has 0 saturated heterocycles. The Hall–Kier alpha value is -0.843. The van der Waals surface area contributed by atoms with E-state index in [-0.39, 0.29) is 5.04 Å². The minimum atomic E-state index is -2.15. The lowest BCUT2D eigenvalue weighted by molar-refractivity contribution is -0.146. The highest BCUT2D eigenvalue weighted by Gasteiger charge is 2.41. The first kappa shape index (κ1) is 16.2. The molecule has 0 amide bonds. The Bertz CT molecular complexity index is 466. The van der Waals surface area contributed by atoms with E-state index >= 15 is 0 Å². The second kappa shape index (κ2) is 5.65. The van der Waals surface area contributed by atoms with Gasteiger partial charge in [-0.2, -0.15) is 0 Å². The van der Waals surface area contributed by atoms with Crippen LogP contribution in [-0.2, 0) is 9.22 Å². The summed E-state index contributed by atoms with van der Waals surface area (Å²) in [5.41, 5.74) is 0.588. The minimum Gasteiger partial charge on any atom is -0.479 e. The molecule has 1 rings (SSSR count). The molecule has 1 unspecified atom stereocenters. The van der Waals surface area contributed by atoms with Gasteiger partial charge in [0, 0.05) is 5.02 Å². The van der Waals surface area contributed by atoms with E-state index in [9.17, 15) is 9.90 Å². The van der Waals surface area contributed by atoms with Crippen molar-refractivity contribution in [3.8, 4) is 0 Å². The monoisotopic (exact) mass is 300 g/mol. The molecule has 0 heterocycles. The molecule has 5 heteroatoms. The van der Waals surface area contributed by atoms with Crippen molar-refractivity contribution >= 4 is 25.9 Å². The van der Waals surface area contributed by atoms with Crippen LogP contribution in [-0.4, -0.2) is 19.4 Å². The number of rotatable bonds is 4. The van der Waals surface area contributed by atoms with E-state index in [0.29, 0.717) is 10.6 Å². The van der Waals surface area contributed by atoms with Crippen molar-refractivity contribution < 1.29 is 14.3 Å². The normalized spacial score (nSPS) is 14.2. The van der Waals surface area contributed by atoms with Gasteiger partial charge >= 0.3 is 5.97 Å². The molecule has 19 heavy (non-hydrogen) atoms. The second-order valence-corrected chi connectivity index (χ2v) is 11.3. The van der Waals surface area contributed by atoms with Gasteiger partial charge in [-0.3, -0.25) is 0 Å². The van der Waals surface area contributed by atoms with Gasteiger partial charge < -0.3 is 9.53 Å². The van der Waals surface area contributed by atoms with Crippen LogP contribution in [0.15, 0.2) is 24.3 Å². The second-order valence-electron chi connectivity index (χ2n) is 6.15. The summed E-state index contributed by atoms with van der Waals surface area (Å²) in [5, 5.41) is 9.87. The van der Waals surface area contributed by atoms with Crippen molar-refractivity contribution in [2.45, 2.75) is 45.0 Å². The van der Waals surface area contributed by atoms with Gasteiger partial charge in [-0.25, -0.2) is 4.79 Å². The zero-order valence-electron chi connectivity index (χ0n) is 12.0. The Morgan fingerprint density at radius 1 is 1.37 bits per heavy atom.